The molecule has 4 N–H and O–H groups in total. The molecule has 0 bridgehead atoms. The van der Waals surface area contributed by atoms with Crippen molar-refractivity contribution in [1.82, 2.24) is 40.1 Å². The van der Waals surface area contributed by atoms with Crippen molar-refractivity contribution in [3.63, 3.8) is 0 Å². The van der Waals surface area contributed by atoms with Crippen LogP contribution < -0.4 is 30.7 Å². The molecule has 250 valence electrons. The first-order valence-electron chi connectivity index (χ1n) is 15.9. The number of hydrogen-bond acceptors (Lipinski definition) is 12. The Morgan fingerprint density at radius 1 is 1.09 bits per heavy atom. The molecule has 4 aromatic heterocycles. The minimum atomic E-state index is -0.297. The first-order valence-corrected chi connectivity index (χ1v) is 16.7. The largest absolute Gasteiger partial charge is 0.480 e. The van der Waals surface area contributed by atoms with E-state index < -0.39 is 0 Å². The Morgan fingerprint density at radius 3 is 2.60 bits per heavy atom. The van der Waals surface area contributed by atoms with Gasteiger partial charge >= 0.3 is 0 Å². The Morgan fingerprint density at radius 2 is 1.87 bits per heavy atom. The van der Waals surface area contributed by atoms with Crippen LogP contribution >= 0.6 is 11.3 Å². The predicted octanol–water partition coefficient (Wildman–Crippen LogP) is 3.16. The summed E-state index contributed by atoms with van der Waals surface area (Å²) in [4.78, 5) is 44.4. The van der Waals surface area contributed by atoms with E-state index in [4.69, 9.17) is 15.2 Å². The summed E-state index contributed by atoms with van der Waals surface area (Å²) < 4.78 is 13.5. The zero-order valence-corrected chi connectivity index (χ0v) is 28.3. The van der Waals surface area contributed by atoms with Gasteiger partial charge in [0.1, 0.15) is 23.5 Å². The number of fused-ring (bicyclic) bond motifs is 1. The van der Waals surface area contributed by atoms with Crippen LogP contribution in [-0.2, 0) is 0 Å². The van der Waals surface area contributed by atoms with Crippen molar-refractivity contribution >= 4 is 40.2 Å². The van der Waals surface area contributed by atoms with Crippen LogP contribution in [0.1, 0.15) is 63.6 Å². The highest BCUT2D eigenvalue weighted by molar-refractivity contribution is 7.13. The van der Waals surface area contributed by atoms with Gasteiger partial charge in [-0.15, -0.1) is 11.3 Å². The molecule has 1 saturated carbocycles. The molecule has 1 saturated heterocycles. The minimum Gasteiger partial charge on any atom is -0.480 e. The summed E-state index contributed by atoms with van der Waals surface area (Å²) in [5, 5.41) is 11.1. The fourth-order valence-corrected chi connectivity index (χ4v) is 7.31. The lowest BCUT2D eigenvalue weighted by Crippen LogP contribution is -2.47. The molecule has 0 aromatic carbocycles. The number of aryl methyl sites for hydroxylation is 1. The number of carbonyl (C=O) groups excluding carboxylic acids is 2. The van der Waals surface area contributed by atoms with Crippen LogP contribution in [0.4, 0.5) is 11.5 Å². The third-order valence-electron chi connectivity index (χ3n) is 9.01. The molecule has 5 heterocycles. The van der Waals surface area contributed by atoms with E-state index in [0.717, 1.165) is 55.8 Å². The number of anilines is 2. The lowest BCUT2D eigenvalue weighted by molar-refractivity contribution is 0.0905. The molecule has 14 nitrogen and oxygen atoms in total. The van der Waals surface area contributed by atoms with Gasteiger partial charge in [-0.1, -0.05) is 0 Å². The number of nitrogens with one attached hydrogen (secondary N) is 2. The van der Waals surface area contributed by atoms with Gasteiger partial charge in [0.25, 0.3) is 11.8 Å². The molecular formula is C32H42N10O4S. The smallest absolute Gasteiger partial charge is 0.267 e. The maximum atomic E-state index is 13.6. The van der Waals surface area contributed by atoms with Gasteiger partial charge < -0.3 is 35.6 Å². The number of amides is 2. The van der Waals surface area contributed by atoms with Crippen molar-refractivity contribution < 1.29 is 19.1 Å². The second kappa shape index (κ2) is 13.7. The first-order chi connectivity index (χ1) is 22.7. The Hall–Kier alpha value is -4.50. The van der Waals surface area contributed by atoms with E-state index in [9.17, 15) is 9.59 Å². The number of thiazole rings is 1. The highest BCUT2D eigenvalue weighted by atomic mass is 32.1. The molecule has 47 heavy (non-hydrogen) atoms. The van der Waals surface area contributed by atoms with Crippen molar-refractivity contribution in [2.45, 2.75) is 63.6 Å². The van der Waals surface area contributed by atoms with E-state index in [1.807, 2.05) is 13.0 Å². The van der Waals surface area contributed by atoms with Gasteiger partial charge in [-0.3, -0.25) is 9.59 Å². The van der Waals surface area contributed by atoms with Crippen LogP contribution in [0.2, 0.25) is 0 Å². The standard InChI is InChI=1S/C32H42N10O4S/c1-18-37-32(46-21-10-8-20(9-11-21)40(3)4)27(47-18)30(44)38-19-7-6-14-41(16-19)25-15-24(42-26(25)28(33)35-17-36-42)23-13-12-22(29(43)34-2)31(39-23)45-5/h12-13,15,17,19-21H,6-11,14,16H2,1-5H3,(H,34,43)(H,38,44)(H2,33,35,36)/t19-,20?,21?/m1/s1. The molecule has 1 aliphatic carbocycles. The van der Waals surface area contributed by atoms with Gasteiger partial charge in [-0.25, -0.2) is 19.5 Å². The van der Waals surface area contributed by atoms with Crippen LogP contribution in [0, 0.1) is 6.92 Å². The van der Waals surface area contributed by atoms with Gasteiger partial charge in [-0.05, 0) is 77.7 Å². The second-order valence-corrected chi connectivity index (χ2v) is 13.5. The number of nitrogens with two attached hydrogens (primary N) is 1. The first kappa shape index (κ1) is 32.4. The van der Waals surface area contributed by atoms with Gasteiger partial charge in [0.15, 0.2) is 10.7 Å². The van der Waals surface area contributed by atoms with E-state index in [2.05, 4.69) is 54.6 Å². The molecule has 0 radical (unpaired) electrons. The predicted molar refractivity (Wildman–Crippen MR) is 180 cm³/mol. The molecule has 4 aromatic rings. The van der Waals surface area contributed by atoms with Crippen LogP contribution in [0.15, 0.2) is 24.5 Å². The van der Waals surface area contributed by atoms with E-state index in [1.165, 1.54) is 24.8 Å². The zero-order chi connectivity index (χ0) is 33.2. The number of rotatable bonds is 9. The maximum Gasteiger partial charge on any atom is 0.267 e. The number of methoxy groups -OCH3 is 1. The molecule has 1 aliphatic heterocycles. The monoisotopic (exact) mass is 662 g/mol. The van der Waals surface area contributed by atoms with Crippen LogP contribution in [-0.4, -0.2) is 101 Å². The third-order valence-corrected chi connectivity index (χ3v) is 9.96. The number of hydrogen-bond donors (Lipinski definition) is 3. The molecule has 0 spiro atoms. The highest BCUT2D eigenvalue weighted by Gasteiger charge is 2.30. The average molecular weight is 663 g/mol. The zero-order valence-electron chi connectivity index (χ0n) is 27.4. The third kappa shape index (κ3) is 6.67. The van der Waals surface area contributed by atoms with Crippen molar-refractivity contribution in [3.8, 4) is 23.1 Å². The Kier molecular flexibility index (Phi) is 9.45. The molecule has 2 aliphatic rings. The van der Waals surface area contributed by atoms with Gasteiger partial charge in [0, 0.05) is 32.2 Å². The number of nitrogen functional groups attached to an aromatic ring is 1. The summed E-state index contributed by atoms with van der Waals surface area (Å²) in [5.41, 5.74) is 9.43. The quantitative estimate of drug-likeness (QED) is 0.241. The maximum absolute atomic E-state index is 13.6. The highest BCUT2D eigenvalue weighted by Crippen LogP contribution is 2.36. The van der Waals surface area contributed by atoms with E-state index in [0.29, 0.717) is 51.6 Å². The van der Waals surface area contributed by atoms with Crippen molar-refractivity contribution in [3.05, 3.63) is 40.0 Å². The number of nitrogens with zero attached hydrogens (tertiary/aromatic N) is 7. The van der Waals surface area contributed by atoms with Gasteiger partial charge in [0.2, 0.25) is 11.8 Å². The number of ether oxygens (including phenoxy) is 2. The molecule has 6 rings (SSSR count). The van der Waals surface area contributed by atoms with Crippen LogP contribution in [0.3, 0.4) is 0 Å². The summed E-state index contributed by atoms with van der Waals surface area (Å²) in [6.07, 6.45) is 7.17. The number of pyridine rings is 1. The Bertz CT molecular complexity index is 1760. The fraction of sp³-hybridized carbons (Fsp3) is 0.500. The Balaban J connectivity index is 1.21. The summed E-state index contributed by atoms with van der Waals surface area (Å²) in [6.45, 7) is 3.22. The second-order valence-electron chi connectivity index (χ2n) is 12.3. The van der Waals surface area contributed by atoms with Crippen molar-refractivity contribution in [1.29, 1.82) is 0 Å². The topological polar surface area (TPSA) is 165 Å². The minimum absolute atomic E-state index is 0.0591. The molecule has 1 atom stereocenters. The van der Waals surface area contributed by atoms with E-state index in [1.54, 1.807) is 23.7 Å². The van der Waals surface area contributed by atoms with Gasteiger partial charge in [-0.2, -0.15) is 5.10 Å². The summed E-state index contributed by atoms with van der Waals surface area (Å²) in [5.74, 6) is 0.488. The van der Waals surface area contributed by atoms with Crippen LogP contribution in [0.25, 0.3) is 16.9 Å². The SMILES string of the molecule is CNC(=O)c1ccc(-c2cc(N3CCC[C@@H](NC(=O)c4sc(C)nc4OC4CCC(N(C)C)CC4)C3)c3c(N)ncnn23)nc1OC. The van der Waals surface area contributed by atoms with E-state index >= 15 is 0 Å². The average Bonchev–Trinajstić information content (AvgIpc) is 3.65. The molecule has 2 fully saturated rings. The Labute approximate surface area is 277 Å². The van der Waals surface area contributed by atoms with Crippen molar-refractivity contribution in [2.75, 3.05) is 52.0 Å². The molecule has 2 amide bonds. The van der Waals surface area contributed by atoms with Crippen LogP contribution in [0.5, 0.6) is 11.8 Å². The molecular weight excluding hydrogens is 620 g/mol. The lowest BCUT2D eigenvalue weighted by atomic mass is 9.92. The summed E-state index contributed by atoms with van der Waals surface area (Å²) in [6, 6.07) is 5.84. The van der Waals surface area contributed by atoms with Gasteiger partial charge in [0.05, 0.1) is 29.2 Å². The summed E-state index contributed by atoms with van der Waals surface area (Å²) >= 11 is 1.37. The fourth-order valence-electron chi connectivity index (χ4n) is 6.55. The molecule has 15 heteroatoms. The van der Waals surface area contributed by atoms with Crippen molar-refractivity contribution in [2.24, 2.45) is 0 Å². The summed E-state index contributed by atoms with van der Waals surface area (Å²) in [7, 11) is 7.27. The van der Waals surface area contributed by atoms with E-state index in [-0.39, 0.29) is 29.8 Å². The molecule has 0 unspecified atom stereocenters. The number of carbonyl (C=O) groups is 2. The number of aromatic nitrogens is 5. The number of piperidine rings is 1. The lowest BCUT2D eigenvalue weighted by Gasteiger charge is -2.34. The normalized spacial score (nSPS) is 20.0.